The van der Waals surface area contributed by atoms with E-state index in [2.05, 4.69) is 13.2 Å². The maximum atomic E-state index is 12.2. The number of amides is 1. The quantitative estimate of drug-likeness (QED) is 0.457. The van der Waals surface area contributed by atoms with Gasteiger partial charge in [0.15, 0.2) is 0 Å². The fourth-order valence-corrected chi connectivity index (χ4v) is 1.71. The summed E-state index contributed by atoms with van der Waals surface area (Å²) < 4.78 is 0. The minimum atomic E-state index is -0.571. The highest BCUT2D eigenvalue weighted by Gasteiger charge is 2.19. The zero-order valence-electron chi connectivity index (χ0n) is 10.2. The van der Waals surface area contributed by atoms with Gasteiger partial charge in [0, 0.05) is 25.2 Å². The number of nitro groups is 1. The van der Waals surface area contributed by atoms with Gasteiger partial charge in [0.25, 0.3) is 11.6 Å². The summed E-state index contributed by atoms with van der Waals surface area (Å²) in [5.41, 5.74) is -0.0792. The summed E-state index contributed by atoms with van der Waals surface area (Å²) in [5, 5.41) is 10.9. The van der Waals surface area contributed by atoms with Crippen molar-refractivity contribution in [2.45, 2.75) is 0 Å². The van der Waals surface area contributed by atoms with Crippen molar-refractivity contribution >= 4 is 23.2 Å². The Morgan fingerprint density at radius 2 is 1.95 bits per heavy atom. The first kappa shape index (κ1) is 14.9. The van der Waals surface area contributed by atoms with Gasteiger partial charge in [0.2, 0.25) is 0 Å². The van der Waals surface area contributed by atoms with Gasteiger partial charge in [0.1, 0.15) is 0 Å². The fourth-order valence-electron chi connectivity index (χ4n) is 1.51. The van der Waals surface area contributed by atoms with E-state index in [1.54, 1.807) is 12.2 Å². The van der Waals surface area contributed by atoms with Gasteiger partial charge in [-0.25, -0.2) is 0 Å². The first-order chi connectivity index (χ1) is 9.01. The van der Waals surface area contributed by atoms with Crippen molar-refractivity contribution in [1.29, 1.82) is 0 Å². The van der Waals surface area contributed by atoms with Gasteiger partial charge in [-0.05, 0) is 6.07 Å². The molecule has 0 aliphatic rings. The molecule has 0 radical (unpaired) electrons. The van der Waals surface area contributed by atoms with Crippen LogP contribution in [0.25, 0.3) is 0 Å². The average Bonchev–Trinajstić information content (AvgIpc) is 2.38. The summed E-state index contributed by atoms with van der Waals surface area (Å²) in [6, 6.07) is 3.77. The third-order valence-electron chi connectivity index (χ3n) is 2.38. The van der Waals surface area contributed by atoms with Crippen molar-refractivity contribution < 1.29 is 9.72 Å². The molecule has 1 aromatic rings. The van der Waals surface area contributed by atoms with E-state index in [9.17, 15) is 14.9 Å². The molecule has 0 aliphatic carbocycles. The summed E-state index contributed by atoms with van der Waals surface area (Å²) in [6.07, 6.45) is 3.12. The molecule has 0 N–H and O–H groups in total. The molecule has 0 saturated carbocycles. The lowest BCUT2D eigenvalue weighted by Gasteiger charge is -2.19. The molecule has 0 aromatic heterocycles. The van der Waals surface area contributed by atoms with Crippen LogP contribution in [0.2, 0.25) is 5.02 Å². The molecule has 1 amide bonds. The second kappa shape index (κ2) is 6.70. The maximum absolute atomic E-state index is 12.2. The SMILES string of the molecule is C=CCN(CC=C)C(=O)c1cc([N+](=O)[O-])ccc1Cl. The van der Waals surface area contributed by atoms with E-state index in [4.69, 9.17) is 11.6 Å². The molecule has 0 atom stereocenters. The van der Waals surface area contributed by atoms with Gasteiger partial charge in [-0.3, -0.25) is 14.9 Å². The van der Waals surface area contributed by atoms with Crippen LogP contribution in [0.5, 0.6) is 0 Å². The number of benzene rings is 1. The number of carbonyl (C=O) groups excluding carboxylic acids is 1. The van der Waals surface area contributed by atoms with Gasteiger partial charge in [-0.15, -0.1) is 13.2 Å². The summed E-state index contributed by atoms with van der Waals surface area (Å²) >= 11 is 5.92. The van der Waals surface area contributed by atoms with Crippen molar-refractivity contribution in [3.05, 3.63) is 64.2 Å². The second-order valence-electron chi connectivity index (χ2n) is 3.71. The highest BCUT2D eigenvalue weighted by Crippen LogP contribution is 2.23. The molecular weight excluding hydrogens is 268 g/mol. The number of hydrogen-bond donors (Lipinski definition) is 0. The lowest BCUT2D eigenvalue weighted by atomic mass is 10.1. The van der Waals surface area contributed by atoms with Crippen molar-refractivity contribution in [1.82, 2.24) is 4.90 Å². The van der Waals surface area contributed by atoms with Crippen LogP contribution in [-0.4, -0.2) is 28.8 Å². The topological polar surface area (TPSA) is 63.5 Å². The summed E-state index contributed by atoms with van der Waals surface area (Å²) in [6.45, 7) is 7.73. The van der Waals surface area contributed by atoms with E-state index in [-0.39, 0.29) is 16.3 Å². The number of nitro benzene ring substituents is 1. The molecule has 5 nitrogen and oxygen atoms in total. The molecule has 0 spiro atoms. The monoisotopic (exact) mass is 280 g/mol. The van der Waals surface area contributed by atoms with Crippen LogP contribution in [0.3, 0.4) is 0 Å². The zero-order valence-corrected chi connectivity index (χ0v) is 11.0. The van der Waals surface area contributed by atoms with Crippen molar-refractivity contribution in [3.8, 4) is 0 Å². The second-order valence-corrected chi connectivity index (χ2v) is 4.12. The first-order valence-corrected chi connectivity index (χ1v) is 5.84. The molecule has 0 unspecified atom stereocenters. The molecule has 6 heteroatoms. The fraction of sp³-hybridized carbons (Fsp3) is 0.154. The lowest BCUT2D eigenvalue weighted by Crippen LogP contribution is -2.31. The molecular formula is C13H13ClN2O3. The molecule has 1 aromatic carbocycles. The predicted molar refractivity (Wildman–Crippen MR) is 74.4 cm³/mol. The Kier molecular flexibility index (Phi) is 5.26. The van der Waals surface area contributed by atoms with E-state index >= 15 is 0 Å². The number of halogens is 1. The Hall–Kier alpha value is -2.14. The molecule has 0 bridgehead atoms. The van der Waals surface area contributed by atoms with Gasteiger partial charge < -0.3 is 4.90 Å². The molecule has 100 valence electrons. The highest BCUT2D eigenvalue weighted by atomic mass is 35.5. The van der Waals surface area contributed by atoms with Gasteiger partial charge in [-0.1, -0.05) is 23.8 Å². The molecule has 0 heterocycles. The normalized spacial score (nSPS) is 9.74. The van der Waals surface area contributed by atoms with Crippen LogP contribution < -0.4 is 0 Å². The number of hydrogen-bond acceptors (Lipinski definition) is 3. The average molecular weight is 281 g/mol. The Morgan fingerprint density at radius 1 is 1.37 bits per heavy atom. The van der Waals surface area contributed by atoms with Crippen molar-refractivity contribution in [2.75, 3.05) is 13.1 Å². The van der Waals surface area contributed by atoms with E-state index in [0.29, 0.717) is 13.1 Å². The first-order valence-electron chi connectivity index (χ1n) is 5.46. The van der Waals surface area contributed by atoms with Crippen LogP contribution in [0.1, 0.15) is 10.4 Å². The smallest absolute Gasteiger partial charge is 0.270 e. The van der Waals surface area contributed by atoms with Crippen LogP contribution in [0.4, 0.5) is 5.69 Å². The van der Waals surface area contributed by atoms with Gasteiger partial charge in [-0.2, -0.15) is 0 Å². The standard InChI is InChI=1S/C13H13ClN2O3/c1-3-7-15(8-4-2)13(17)11-9-10(16(18)19)5-6-12(11)14/h3-6,9H,1-2,7-8H2. The van der Waals surface area contributed by atoms with E-state index in [0.717, 1.165) is 0 Å². The van der Waals surface area contributed by atoms with Crippen molar-refractivity contribution in [3.63, 3.8) is 0 Å². The Labute approximate surface area is 115 Å². The molecule has 19 heavy (non-hydrogen) atoms. The molecule has 1 rings (SSSR count). The molecule has 0 aliphatic heterocycles. The third kappa shape index (κ3) is 3.66. The van der Waals surface area contributed by atoms with E-state index < -0.39 is 10.8 Å². The lowest BCUT2D eigenvalue weighted by molar-refractivity contribution is -0.384. The summed E-state index contributed by atoms with van der Waals surface area (Å²) in [7, 11) is 0. The largest absolute Gasteiger partial charge is 0.331 e. The van der Waals surface area contributed by atoms with E-state index in [1.165, 1.54) is 23.1 Å². The van der Waals surface area contributed by atoms with Crippen LogP contribution in [0, 0.1) is 10.1 Å². The third-order valence-corrected chi connectivity index (χ3v) is 2.71. The van der Waals surface area contributed by atoms with Crippen molar-refractivity contribution in [2.24, 2.45) is 0 Å². The van der Waals surface area contributed by atoms with Gasteiger partial charge in [0.05, 0.1) is 15.5 Å². The number of non-ortho nitro benzene ring substituents is 1. The minimum absolute atomic E-state index is 0.0968. The summed E-state index contributed by atoms with van der Waals surface area (Å²) in [4.78, 5) is 23.8. The summed E-state index contributed by atoms with van der Waals surface area (Å²) in [5.74, 6) is -0.395. The maximum Gasteiger partial charge on any atom is 0.270 e. The van der Waals surface area contributed by atoms with Gasteiger partial charge >= 0.3 is 0 Å². The molecule has 0 saturated heterocycles. The minimum Gasteiger partial charge on any atom is -0.331 e. The Morgan fingerprint density at radius 3 is 2.42 bits per heavy atom. The Bertz CT molecular complexity index is 519. The van der Waals surface area contributed by atoms with Crippen LogP contribution in [-0.2, 0) is 0 Å². The predicted octanol–water partition coefficient (Wildman–Crippen LogP) is 3.06. The highest BCUT2D eigenvalue weighted by molar-refractivity contribution is 6.33. The number of nitrogens with zero attached hydrogens (tertiary/aromatic N) is 2. The number of rotatable bonds is 6. The Balaban J connectivity index is 3.15. The van der Waals surface area contributed by atoms with E-state index in [1.807, 2.05) is 0 Å². The van der Waals surface area contributed by atoms with Crippen LogP contribution >= 0.6 is 11.6 Å². The number of carbonyl (C=O) groups is 1. The van der Waals surface area contributed by atoms with Crippen LogP contribution in [0.15, 0.2) is 43.5 Å². The zero-order chi connectivity index (χ0) is 14.4. The molecule has 0 fully saturated rings.